The van der Waals surface area contributed by atoms with Crippen LogP contribution in [0.1, 0.15) is 24.0 Å². The zero-order valence-corrected chi connectivity index (χ0v) is 12.1. The third-order valence-corrected chi connectivity index (χ3v) is 3.70. The molecule has 0 saturated heterocycles. The van der Waals surface area contributed by atoms with Gasteiger partial charge in [0.25, 0.3) is 0 Å². The maximum Gasteiger partial charge on any atom is 0.131 e. The summed E-state index contributed by atoms with van der Waals surface area (Å²) in [4.78, 5) is 0. The summed E-state index contributed by atoms with van der Waals surface area (Å²) < 4.78 is 6.09. The molecule has 0 heterocycles. The molecule has 110 valence electrons. The molecule has 1 aliphatic rings. The Bertz CT molecular complexity index is 593. The average Bonchev–Trinajstić information content (AvgIpc) is 3.33. The summed E-state index contributed by atoms with van der Waals surface area (Å²) in [6.45, 7) is 0.967. The molecular weight excluding hydrogens is 262 g/mol. The van der Waals surface area contributed by atoms with Gasteiger partial charge in [-0.15, -0.1) is 0 Å². The SMILES string of the molecule is OCCc1ccccc1Oc1ccccc1CNC1CC1. The molecule has 0 amide bonds. The van der Waals surface area contributed by atoms with Crippen LogP contribution in [0, 0.1) is 0 Å². The van der Waals surface area contributed by atoms with E-state index in [0.29, 0.717) is 12.5 Å². The molecule has 0 unspecified atom stereocenters. The predicted molar refractivity (Wildman–Crippen MR) is 83.6 cm³/mol. The minimum atomic E-state index is 0.130. The number of hydrogen-bond acceptors (Lipinski definition) is 3. The van der Waals surface area contributed by atoms with E-state index >= 15 is 0 Å². The first-order valence-electron chi connectivity index (χ1n) is 7.55. The van der Waals surface area contributed by atoms with Crippen LogP contribution in [0.5, 0.6) is 11.5 Å². The standard InChI is InChI=1S/C18H21NO2/c20-12-11-14-5-1-3-7-17(14)21-18-8-4-2-6-15(18)13-19-16-9-10-16/h1-8,16,19-20H,9-13H2. The molecule has 3 nitrogen and oxygen atoms in total. The van der Waals surface area contributed by atoms with Crippen LogP contribution in [0.2, 0.25) is 0 Å². The fourth-order valence-electron chi connectivity index (χ4n) is 2.34. The number of ether oxygens (including phenoxy) is 1. The van der Waals surface area contributed by atoms with Gasteiger partial charge in [-0.25, -0.2) is 0 Å². The number of aliphatic hydroxyl groups is 1. The van der Waals surface area contributed by atoms with Crippen molar-refractivity contribution in [3.8, 4) is 11.5 Å². The lowest BCUT2D eigenvalue weighted by atomic mass is 10.1. The quantitative estimate of drug-likeness (QED) is 0.819. The van der Waals surface area contributed by atoms with E-state index in [0.717, 1.165) is 23.6 Å². The topological polar surface area (TPSA) is 41.5 Å². The molecule has 21 heavy (non-hydrogen) atoms. The molecule has 0 radical (unpaired) electrons. The molecule has 3 heteroatoms. The molecule has 2 N–H and O–H groups in total. The molecule has 0 aliphatic heterocycles. The first-order chi connectivity index (χ1) is 10.4. The summed E-state index contributed by atoms with van der Waals surface area (Å²) in [5, 5.41) is 12.7. The Morgan fingerprint density at radius 3 is 2.24 bits per heavy atom. The number of rotatable bonds is 7. The van der Waals surface area contributed by atoms with Crippen LogP contribution in [-0.4, -0.2) is 17.8 Å². The number of nitrogens with one attached hydrogen (secondary N) is 1. The van der Waals surface area contributed by atoms with Gasteiger partial charge in [0.1, 0.15) is 11.5 Å². The van der Waals surface area contributed by atoms with Crippen molar-refractivity contribution in [2.24, 2.45) is 0 Å². The van der Waals surface area contributed by atoms with Crippen molar-refractivity contribution < 1.29 is 9.84 Å². The molecule has 0 bridgehead atoms. The lowest BCUT2D eigenvalue weighted by molar-refractivity contribution is 0.298. The molecule has 1 saturated carbocycles. The Hall–Kier alpha value is -1.84. The highest BCUT2D eigenvalue weighted by Crippen LogP contribution is 2.29. The Balaban J connectivity index is 1.77. The molecule has 1 aliphatic carbocycles. The third kappa shape index (κ3) is 3.84. The maximum atomic E-state index is 9.15. The number of aliphatic hydroxyl groups excluding tert-OH is 1. The van der Waals surface area contributed by atoms with E-state index in [2.05, 4.69) is 11.4 Å². The summed E-state index contributed by atoms with van der Waals surface area (Å²) in [6.07, 6.45) is 3.17. The van der Waals surface area contributed by atoms with E-state index in [1.807, 2.05) is 42.5 Å². The van der Waals surface area contributed by atoms with Crippen molar-refractivity contribution >= 4 is 0 Å². The minimum Gasteiger partial charge on any atom is -0.457 e. The van der Waals surface area contributed by atoms with Crippen molar-refractivity contribution in [1.82, 2.24) is 5.32 Å². The van der Waals surface area contributed by atoms with Gasteiger partial charge in [-0.1, -0.05) is 36.4 Å². The Kier molecular flexibility index (Phi) is 4.53. The summed E-state index contributed by atoms with van der Waals surface area (Å²) >= 11 is 0. The van der Waals surface area contributed by atoms with Crippen LogP contribution in [0.15, 0.2) is 48.5 Å². The summed E-state index contributed by atoms with van der Waals surface area (Å²) in [5.74, 6) is 1.71. The molecule has 0 atom stereocenters. The van der Waals surface area contributed by atoms with Crippen LogP contribution < -0.4 is 10.1 Å². The zero-order chi connectivity index (χ0) is 14.5. The van der Waals surface area contributed by atoms with Crippen LogP contribution in [0.3, 0.4) is 0 Å². The largest absolute Gasteiger partial charge is 0.457 e. The lowest BCUT2D eigenvalue weighted by Gasteiger charge is -2.14. The average molecular weight is 283 g/mol. The van der Waals surface area contributed by atoms with E-state index in [-0.39, 0.29) is 6.61 Å². The molecule has 2 aromatic rings. The maximum absolute atomic E-state index is 9.15. The monoisotopic (exact) mass is 283 g/mol. The molecule has 0 spiro atoms. The van der Waals surface area contributed by atoms with Gasteiger partial charge >= 0.3 is 0 Å². The van der Waals surface area contributed by atoms with Crippen molar-refractivity contribution in [1.29, 1.82) is 0 Å². The van der Waals surface area contributed by atoms with Gasteiger partial charge in [-0.2, -0.15) is 0 Å². The van der Waals surface area contributed by atoms with E-state index < -0.39 is 0 Å². The van der Waals surface area contributed by atoms with Gasteiger partial charge in [0.15, 0.2) is 0 Å². The molecule has 1 fully saturated rings. The highest BCUT2D eigenvalue weighted by molar-refractivity contribution is 5.41. The van der Waals surface area contributed by atoms with Gasteiger partial charge in [0.2, 0.25) is 0 Å². The van der Waals surface area contributed by atoms with Crippen LogP contribution >= 0.6 is 0 Å². The summed E-state index contributed by atoms with van der Waals surface area (Å²) in [6, 6.07) is 16.7. The van der Waals surface area contributed by atoms with Crippen molar-refractivity contribution in [3.05, 3.63) is 59.7 Å². The second-order valence-electron chi connectivity index (χ2n) is 5.45. The number of hydrogen-bond donors (Lipinski definition) is 2. The van der Waals surface area contributed by atoms with E-state index in [4.69, 9.17) is 9.84 Å². The smallest absolute Gasteiger partial charge is 0.131 e. The molecule has 2 aromatic carbocycles. The van der Waals surface area contributed by atoms with Crippen LogP contribution in [-0.2, 0) is 13.0 Å². The predicted octanol–water partition coefficient (Wildman–Crippen LogP) is 3.27. The van der Waals surface area contributed by atoms with Crippen molar-refractivity contribution in [2.45, 2.75) is 31.8 Å². The summed E-state index contributed by atoms with van der Waals surface area (Å²) in [5.41, 5.74) is 2.20. The lowest BCUT2D eigenvalue weighted by Crippen LogP contribution is -2.15. The second kappa shape index (κ2) is 6.74. The summed E-state index contributed by atoms with van der Waals surface area (Å²) in [7, 11) is 0. The molecule has 0 aromatic heterocycles. The van der Waals surface area contributed by atoms with Crippen LogP contribution in [0.25, 0.3) is 0 Å². The van der Waals surface area contributed by atoms with Gasteiger partial charge in [0, 0.05) is 24.8 Å². The minimum absolute atomic E-state index is 0.130. The van der Waals surface area contributed by atoms with E-state index in [9.17, 15) is 0 Å². The first-order valence-corrected chi connectivity index (χ1v) is 7.55. The highest BCUT2D eigenvalue weighted by atomic mass is 16.5. The van der Waals surface area contributed by atoms with Gasteiger partial charge in [0.05, 0.1) is 0 Å². The van der Waals surface area contributed by atoms with Crippen molar-refractivity contribution in [3.63, 3.8) is 0 Å². The highest BCUT2D eigenvalue weighted by Gasteiger charge is 2.20. The van der Waals surface area contributed by atoms with Crippen molar-refractivity contribution in [2.75, 3.05) is 6.61 Å². The molecular formula is C18H21NO2. The van der Waals surface area contributed by atoms with Gasteiger partial charge < -0.3 is 15.2 Å². The van der Waals surface area contributed by atoms with E-state index in [1.165, 1.54) is 18.4 Å². The second-order valence-corrected chi connectivity index (χ2v) is 5.45. The first kappa shape index (κ1) is 14.1. The Morgan fingerprint density at radius 1 is 0.952 bits per heavy atom. The normalized spacial score (nSPS) is 14.1. The third-order valence-electron chi connectivity index (χ3n) is 3.70. The fourth-order valence-corrected chi connectivity index (χ4v) is 2.34. The number of benzene rings is 2. The Labute approximate surface area is 125 Å². The van der Waals surface area contributed by atoms with Crippen LogP contribution in [0.4, 0.5) is 0 Å². The zero-order valence-electron chi connectivity index (χ0n) is 12.1. The van der Waals surface area contributed by atoms with E-state index in [1.54, 1.807) is 0 Å². The molecule has 3 rings (SSSR count). The fraction of sp³-hybridized carbons (Fsp3) is 0.333. The number of para-hydroxylation sites is 2. The Morgan fingerprint density at radius 2 is 1.57 bits per heavy atom. The van der Waals surface area contributed by atoms with Gasteiger partial charge in [-0.05, 0) is 37.0 Å². The van der Waals surface area contributed by atoms with Gasteiger partial charge in [-0.3, -0.25) is 0 Å².